The standard InChI is InChI=1S/C27H32N4O5/c1-3-12-27(13-4-2)25(33)30(26(34)28-27)17-22(32)31-24(21-11-7-15-36-21)20-10-5-8-18(23(20)29-31)16-19-9-6-14-35-19/h6-7,9,11,14-16,20,24H,3-5,8,10,12-13,17H2,1-2H3,(H,28,34)/b18-16+/t20-,24-/m1/s1. The molecule has 2 aromatic heterocycles. The fraction of sp³-hybridized carbons (Fsp3) is 0.481. The van der Waals surface area contributed by atoms with Crippen LogP contribution in [0.4, 0.5) is 4.79 Å². The van der Waals surface area contributed by atoms with Gasteiger partial charge in [0.25, 0.3) is 11.8 Å². The van der Waals surface area contributed by atoms with Crippen LogP contribution < -0.4 is 5.32 Å². The fourth-order valence-corrected chi connectivity index (χ4v) is 5.84. The van der Waals surface area contributed by atoms with Crippen molar-refractivity contribution in [2.75, 3.05) is 6.54 Å². The van der Waals surface area contributed by atoms with E-state index in [4.69, 9.17) is 13.9 Å². The molecule has 3 aliphatic rings. The van der Waals surface area contributed by atoms with Crippen LogP contribution in [0.2, 0.25) is 0 Å². The smallest absolute Gasteiger partial charge is 0.325 e. The average molecular weight is 493 g/mol. The highest BCUT2D eigenvalue weighted by Crippen LogP contribution is 2.44. The van der Waals surface area contributed by atoms with E-state index in [1.807, 2.05) is 38.1 Å². The van der Waals surface area contributed by atoms with E-state index in [1.54, 1.807) is 18.6 Å². The molecule has 4 heterocycles. The van der Waals surface area contributed by atoms with Crippen molar-refractivity contribution in [1.82, 2.24) is 15.2 Å². The first-order valence-electron chi connectivity index (χ1n) is 12.8. The molecule has 2 aliphatic heterocycles. The van der Waals surface area contributed by atoms with Crippen molar-refractivity contribution in [1.29, 1.82) is 0 Å². The van der Waals surface area contributed by atoms with Crippen molar-refractivity contribution in [3.63, 3.8) is 0 Å². The second kappa shape index (κ2) is 9.79. The molecule has 1 aliphatic carbocycles. The first-order chi connectivity index (χ1) is 17.5. The van der Waals surface area contributed by atoms with Crippen LogP contribution in [0.15, 0.2) is 56.3 Å². The van der Waals surface area contributed by atoms with Crippen molar-refractivity contribution >= 4 is 29.6 Å². The third-order valence-electron chi connectivity index (χ3n) is 7.34. The number of imide groups is 1. The molecule has 0 aromatic carbocycles. The minimum Gasteiger partial charge on any atom is -0.467 e. The summed E-state index contributed by atoms with van der Waals surface area (Å²) >= 11 is 0. The Labute approximate surface area is 210 Å². The molecule has 1 saturated heterocycles. The zero-order chi connectivity index (χ0) is 25.3. The number of carbonyl (C=O) groups is 3. The van der Waals surface area contributed by atoms with E-state index in [0.717, 1.165) is 54.0 Å². The number of hydrogen-bond donors (Lipinski definition) is 1. The van der Waals surface area contributed by atoms with Gasteiger partial charge in [0, 0.05) is 5.92 Å². The summed E-state index contributed by atoms with van der Waals surface area (Å²) in [7, 11) is 0. The molecule has 190 valence electrons. The predicted octanol–water partition coefficient (Wildman–Crippen LogP) is 4.89. The lowest BCUT2D eigenvalue weighted by Crippen LogP contribution is -2.47. The molecule has 1 saturated carbocycles. The van der Waals surface area contributed by atoms with Crippen molar-refractivity contribution in [3.8, 4) is 0 Å². The van der Waals surface area contributed by atoms with Crippen LogP contribution >= 0.6 is 0 Å². The van der Waals surface area contributed by atoms with Gasteiger partial charge < -0.3 is 14.2 Å². The molecule has 5 rings (SSSR count). The summed E-state index contributed by atoms with van der Waals surface area (Å²) < 4.78 is 11.2. The van der Waals surface area contributed by atoms with Gasteiger partial charge in [-0.25, -0.2) is 9.80 Å². The van der Waals surface area contributed by atoms with E-state index in [0.29, 0.717) is 18.6 Å². The number of hydrogen-bond acceptors (Lipinski definition) is 6. The fourth-order valence-electron chi connectivity index (χ4n) is 5.84. The van der Waals surface area contributed by atoms with Gasteiger partial charge in [0.05, 0.1) is 18.2 Å². The molecule has 0 radical (unpaired) electrons. The van der Waals surface area contributed by atoms with Gasteiger partial charge >= 0.3 is 6.03 Å². The number of rotatable bonds is 8. The second-order valence-electron chi connectivity index (χ2n) is 9.77. The van der Waals surface area contributed by atoms with E-state index >= 15 is 0 Å². The number of carbonyl (C=O) groups excluding carboxylic acids is 3. The molecule has 9 nitrogen and oxygen atoms in total. The second-order valence-corrected chi connectivity index (χ2v) is 9.77. The Hall–Kier alpha value is -3.62. The van der Waals surface area contributed by atoms with E-state index in [2.05, 4.69) is 5.32 Å². The SMILES string of the molecule is CCCC1(CCC)NC(=O)N(CC(=O)N2N=C3/C(=C/c4ccco4)CCC[C@H]3[C@@H]2c2ccco2)C1=O. The third kappa shape index (κ3) is 4.16. The van der Waals surface area contributed by atoms with Gasteiger partial charge in [0.15, 0.2) is 0 Å². The van der Waals surface area contributed by atoms with E-state index in [9.17, 15) is 14.4 Å². The Balaban J connectivity index is 1.44. The molecular weight excluding hydrogens is 460 g/mol. The minimum absolute atomic E-state index is 0.0440. The summed E-state index contributed by atoms with van der Waals surface area (Å²) in [6, 6.07) is 6.40. The lowest BCUT2D eigenvalue weighted by atomic mass is 9.79. The van der Waals surface area contributed by atoms with E-state index in [-0.39, 0.29) is 18.4 Å². The molecule has 1 N–H and O–H groups in total. The maximum absolute atomic E-state index is 13.7. The number of nitrogens with zero attached hydrogens (tertiary/aromatic N) is 3. The zero-order valence-electron chi connectivity index (χ0n) is 20.7. The molecule has 2 atom stereocenters. The number of urea groups is 1. The molecule has 36 heavy (non-hydrogen) atoms. The van der Waals surface area contributed by atoms with Crippen LogP contribution in [-0.2, 0) is 9.59 Å². The van der Waals surface area contributed by atoms with Gasteiger partial charge in [0.2, 0.25) is 0 Å². The van der Waals surface area contributed by atoms with Crippen molar-refractivity contribution in [2.45, 2.75) is 70.4 Å². The first-order valence-corrected chi connectivity index (χ1v) is 12.8. The monoisotopic (exact) mass is 492 g/mol. The van der Waals surface area contributed by atoms with Gasteiger partial charge in [-0.05, 0) is 68.0 Å². The lowest BCUT2D eigenvalue weighted by Gasteiger charge is -2.28. The van der Waals surface area contributed by atoms with Crippen molar-refractivity contribution < 1.29 is 23.2 Å². The van der Waals surface area contributed by atoms with E-state index in [1.165, 1.54) is 5.01 Å². The first kappa shape index (κ1) is 24.1. The molecule has 2 aromatic rings. The molecule has 0 unspecified atom stereocenters. The maximum Gasteiger partial charge on any atom is 0.325 e. The quantitative estimate of drug-likeness (QED) is 0.528. The number of hydrazone groups is 1. The molecule has 0 spiro atoms. The van der Waals surface area contributed by atoms with Crippen molar-refractivity contribution in [3.05, 3.63) is 53.9 Å². The summed E-state index contributed by atoms with van der Waals surface area (Å²) in [5, 5.41) is 9.07. The number of nitrogens with one attached hydrogen (secondary N) is 1. The number of furan rings is 2. The van der Waals surface area contributed by atoms with E-state index < -0.39 is 23.5 Å². The maximum atomic E-state index is 13.7. The summed E-state index contributed by atoms with van der Waals surface area (Å²) in [5.41, 5.74) is 0.911. The summed E-state index contributed by atoms with van der Waals surface area (Å²) in [4.78, 5) is 40.9. The highest BCUT2D eigenvalue weighted by atomic mass is 16.3. The lowest BCUT2D eigenvalue weighted by molar-refractivity contribution is -0.140. The highest BCUT2D eigenvalue weighted by molar-refractivity contribution is 6.10. The molecule has 9 heteroatoms. The van der Waals surface area contributed by atoms with Crippen LogP contribution in [0.1, 0.15) is 76.4 Å². The average Bonchev–Trinajstić information content (AvgIpc) is 3.65. The van der Waals surface area contributed by atoms with Crippen molar-refractivity contribution in [2.24, 2.45) is 11.0 Å². The molecule has 4 amide bonds. The summed E-state index contributed by atoms with van der Waals surface area (Å²) in [6.07, 6.45) is 10.4. The summed E-state index contributed by atoms with van der Waals surface area (Å²) in [6.45, 7) is 3.60. The molecule has 2 fully saturated rings. The Bertz CT molecular complexity index is 1170. The Morgan fingerprint density at radius 1 is 1.17 bits per heavy atom. The van der Waals surface area contributed by atoms with Gasteiger partial charge in [-0.15, -0.1) is 0 Å². The number of allylic oxidation sites excluding steroid dienone is 1. The Morgan fingerprint density at radius 3 is 2.58 bits per heavy atom. The van der Waals surface area contributed by atoms with Gasteiger partial charge in [-0.3, -0.25) is 14.5 Å². The third-order valence-corrected chi connectivity index (χ3v) is 7.34. The highest BCUT2D eigenvalue weighted by Gasteiger charge is 2.52. The van der Waals surface area contributed by atoms with Gasteiger partial charge in [0.1, 0.15) is 29.6 Å². The number of amides is 4. The van der Waals surface area contributed by atoms with Crippen LogP contribution in [-0.4, -0.2) is 45.5 Å². The largest absolute Gasteiger partial charge is 0.467 e. The zero-order valence-corrected chi connectivity index (χ0v) is 20.7. The Morgan fingerprint density at radius 2 is 1.92 bits per heavy atom. The topological polar surface area (TPSA) is 108 Å². The number of fused-ring (bicyclic) bond motifs is 1. The Kier molecular flexibility index (Phi) is 6.55. The van der Waals surface area contributed by atoms with Gasteiger partial charge in [-0.2, -0.15) is 5.10 Å². The van der Waals surface area contributed by atoms with Crippen LogP contribution in [0.3, 0.4) is 0 Å². The van der Waals surface area contributed by atoms with Crippen LogP contribution in [0, 0.1) is 5.92 Å². The molecular formula is C27H32N4O5. The summed E-state index contributed by atoms with van der Waals surface area (Å²) in [5.74, 6) is 0.576. The predicted molar refractivity (Wildman–Crippen MR) is 133 cm³/mol. The van der Waals surface area contributed by atoms with Crippen LogP contribution in [0.25, 0.3) is 6.08 Å². The minimum atomic E-state index is -0.939. The normalized spacial score (nSPS) is 24.3. The van der Waals surface area contributed by atoms with Crippen LogP contribution in [0.5, 0.6) is 0 Å². The van der Waals surface area contributed by atoms with Gasteiger partial charge in [-0.1, -0.05) is 26.7 Å². The molecule has 0 bridgehead atoms.